The van der Waals surface area contributed by atoms with Crippen LogP contribution in [0.15, 0.2) is 35.5 Å². The summed E-state index contributed by atoms with van der Waals surface area (Å²) in [5.41, 5.74) is 1.10. The van der Waals surface area contributed by atoms with Crippen LogP contribution in [0.4, 0.5) is 0 Å². The van der Waals surface area contributed by atoms with Crippen molar-refractivity contribution in [3.05, 3.63) is 35.9 Å². The van der Waals surface area contributed by atoms with E-state index < -0.39 is 5.41 Å². The molecule has 0 amide bonds. The standard InChI is InChI=1S/C12H15NO3/c1-12(7-15-9-16-8-12)11(13-14)10-5-3-2-4-6-10/h2-6,14H,7-9H2,1H3/b13-11+. The van der Waals surface area contributed by atoms with E-state index in [0.717, 1.165) is 5.56 Å². The van der Waals surface area contributed by atoms with Crippen LogP contribution in [-0.2, 0) is 9.47 Å². The molecular formula is C12H15NO3. The summed E-state index contributed by atoms with van der Waals surface area (Å²) in [7, 11) is 0. The molecule has 4 heteroatoms. The van der Waals surface area contributed by atoms with Crippen molar-refractivity contribution in [1.82, 2.24) is 0 Å². The lowest BCUT2D eigenvalue weighted by molar-refractivity contribution is -0.138. The van der Waals surface area contributed by atoms with E-state index in [4.69, 9.17) is 9.47 Å². The number of hydrogen-bond acceptors (Lipinski definition) is 4. The Labute approximate surface area is 94.5 Å². The predicted octanol–water partition coefficient (Wildman–Crippen LogP) is 1.88. The van der Waals surface area contributed by atoms with E-state index in [2.05, 4.69) is 5.16 Å². The third kappa shape index (κ3) is 2.08. The molecule has 0 saturated carbocycles. The summed E-state index contributed by atoms with van der Waals surface area (Å²) in [4.78, 5) is 0. The van der Waals surface area contributed by atoms with Crippen molar-refractivity contribution < 1.29 is 14.7 Å². The molecule has 1 heterocycles. The zero-order valence-electron chi connectivity index (χ0n) is 9.22. The van der Waals surface area contributed by atoms with Gasteiger partial charge in [-0.2, -0.15) is 0 Å². The molecule has 0 radical (unpaired) electrons. The van der Waals surface area contributed by atoms with E-state index in [1.165, 1.54) is 0 Å². The number of ether oxygens (including phenoxy) is 2. The van der Waals surface area contributed by atoms with Crippen molar-refractivity contribution in [2.75, 3.05) is 20.0 Å². The monoisotopic (exact) mass is 221 g/mol. The van der Waals surface area contributed by atoms with Gasteiger partial charge in [0.1, 0.15) is 6.79 Å². The van der Waals surface area contributed by atoms with E-state index in [0.29, 0.717) is 25.7 Å². The number of benzene rings is 1. The fourth-order valence-corrected chi connectivity index (χ4v) is 1.89. The van der Waals surface area contributed by atoms with Crippen LogP contribution in [0.2, 0.25) is 0 Å². The van der Waals surface area contributed by atoms with Gasteiger partial charge < -0.3 is 14.7 Å². The molecule has 1 aliphatic rings. The molecule has 4 nitrogen and oxygen atoms in total. The first-order valence-corrected chi connectivity index (χ1v) is 5.20. The van der Waals surface area contributed by atoms with Gasteiger partial charge in [-0.1, -0.05) is 35.5 Å². The third-order valence-corrected chi connectivity index (χ3v) is 2.73. The normalized spacial score (nSPS) is 20.7. The van der Waals surface area contributed by atoms with Crippen LogP contribution in [0.1, 0.15) is 12.5 Å². The summed E-state index contributed by atoms with van der Waals surface area (Å²) in [5, 5.41) is 12.6. The molecule has 0 spiro atoms. The van der Waals surface area contributed by atoms with Crippen LogP contribution in [0.3, 0.4) is 0 Å². The second-order valence-corrected chi connectivity index (χ2v) is 4.19. The highest BCUT2D eigenvalue weighted by molar-refractivity contribution is 6.04. The van der Waals surface area contributed by atoms with E-state index in [-0.39, 0.29) is 0 Å². The molecule has 1 aliphatic heterocycles. The van der Waals surface area contributed by atoms with Crippen LogP contribution >= 0.6 is 0 Å². The topological polar surface area (TPSA) is 51.1 Å². The summed E-state index contributed by atoms with van der Waals surface area (Å²) in [6.07, 6.45) is 0. The maximum absolute atomic E-state index is 9.17. The van der Waals surface area contributed by atoms with E-state index in [9.17, 15) is 5.21 Å². The molecule has 1 N–H and O–H groups in total. The second-order valence-electron chi connectivity index (χ2n) is 4.19. The van der Waals surface area contributed by atoms with Gasteiger partial charge in [0.25, 0.3) is 0 Å². The lowest BCUT2D eigenvalue weighted by atomic mass is 9.82. The molecule has 0 aliphatic carbocycles. The largest absolute Gasteiger partial charge is 0.411 e. The summed E-state index contributed by atoms with van der Waals surface area (Å²) in [6.45, 7) is 3.28. The smallest absolute Gasteiger partial charge is 0.146 e. The van der Waals surface area contributed by atoms with E-state index >= 15 is 0 Å². The van der Waals surface area contributed by atoms with Crippen LogP contribution < -0.4 is 0 Å². The Bertz CT molecular complexity index is 369. The fraction of sp³-hybridized carbons (Fsp3) is 0.417. The Morgan fingerprint density at radius 3 is 2.44 bits per heavy atom. The third-order valence-electron chi connectivity index (χ3n) is 2.73. The minimum atomic E-state index is -0.394. The van der Waals surface area contributed by atoms with Crippen molar-refractivity contribution in [1.29, 1.82) is 0 Å². The Morgan fingerprint density at radius 1 is 1.25 bits per heavy atom. The Morgan fingerprint density at radius 2 is 1.88 bits per heavy atom. The summed E-state index contributed by atoms with van der Waals surface area (Å²) in [6, 6.07) is 9.57. The molecule has 86 valence electrons. The van der Waals surface area contributed by atoms with Gasteiger partial charge in [0, 0.05) is 5.56 Å². The van der Waals surface area contributed by atoms with Gasteiger partial charge in [-0.25, -0.2) is 0 Å². The van der Waals surface area contributed by atoms with E-state index in [1.54, 1.807) is 0 Å². The maximum Gasteiger partial charge on any atom is 0.146 e. The molecule has 1 fully saturated rings. The molecule has 0 unspecified atom stereocenters. The van der Waals surface area contributed by atoms with Crippen molar-refractivity contribution in [2.45, 2.75) is 6.92 Å². The lowest BCUT2D eigenvalue weighted by Crippen LogP contribution is -2.42. The van der Waals surface area contributed by atoms with Crippen LogP contribution in [0, 0.1) is 5.41 Å². The van der Waals surface area contributed by atoms with Gasteiger partial charge in [0.2, 0.25) is 0 Å². The first-order chi connectivity index (χ1) is 7.76. The summed E-state index contributed by atoms with van der Waals surface area (Å²) >= 11 is 0. The number of oxime groups is 1. The van der Waals surface area contributed by atoms with Crippen molar-refractivity contribution in [2.24, 2.45) is 10.6 Å². The predicted molar refractivity (Wildman–Crippen MR) is 59.6 cm³/mol. The van der Waals surface area contributed by atoms with E-state index in [1.807, 2.05) is 37.3 Å². The first kappa shape index (κ1) is 11.1. The molecule has 2 rings (SSSR count). The van der Waals surface area contributed by atoms with Crippen molar-refractivity contribution in [3.63, 3.8) is 0 Å². The van der Waals surface area contributed by atoms with Gasteiger partial charge in [0.05, 0.1) is 24.3 Å². The van der Waals surface area contributed by atoms with Gasteiger partial charge >= 0.3 is 0 Å². The molecule has 0 atom stereocenters. The Hall–Kier alpha value is -1.39. The minimum absolute atomic E-state index is 0.309. The molecular weight excluding hydrogens is 206 g/mol. The maximum atomic E-state index is 9.17. The molecule has 0 aromatic heterocycles. The number of rotatable bonds is 2. The van der Waals surface area contributed by atoms with Crippen LogP contribution in [0.25, 0.3) is 0 Å². The fourth-order valence-electron chi connectivity index (χ4n) is 1.89. The SMILES string of the molecule is CC1(/C(=N/O)c2ccccc2)COCOC1. The lowest BCUT2D eigenvalue weighted by Gasteiger charge is -2.33. The highest BCUT2D eigenvalue weighted by atomic mass is 16.7. The summed E-state index contributed by atoms with van der Waals surface area (Å²) < 4.78 is 10.6. The van der Waals surface area contributed by atoms with Crippen LogP contribution in [-0.4, -0.2) is 30.9 Å². The van der Waals surface area contributed by atoms with Gasteiger partial charge in [-0.15, -0.1) is 0 Å². The highest BCUT2D eigenvalue weighted by Crippen LogP contribution is 2.27. The zero-order chi connectivity index (χ0) is 11.4. The zero-order valence-corrected chi connectivity index (χ0v) is 9.22. The second kappa shape index (κ2) is 4.63. The quantitative estimate of drug-likeness (QED) is 0.471. The summed E-state index contributed by atoms with van der Waals surface area (Å²) in [5.74, 6) is 0. The van der Waals surface area contributed by atoms with Crippen molar-refractivity contribution in [3.8, 4) is 0 Å². The Kier molecular flexibility index (Phi) is 3.22. The van der Waals surface area contributed by atoms with Gasteiger partial charge in [-0.05, 0) is 6.92 Å². The average Bonchev–Trinajstić information content (AvgIpc) is 2.32. The molecule has 1 aromatic carbocycles. The highest BCUT2D eigenvalue weighted by Gasteiger charge is 2.35. The number of nitrogens with zero attached hydrogens (tertiary/aromatic N) is 1. The first-order valence-electron chi connectivity index (χ1n) is 5.20. The van der Waals surface area contributed by atoms with Crippen molar-refractivity contribution >= 4 is 5.71 Å². The molecule has 0 bridgehead atoms. The number of hydrogen-bond donors (Lipinski definition) is 1. The van der Waals surface area contributed by atoms with Gasteiger partial charge in [-0.3, -0.25) is 0 Å². The molecule has 1 aromatic rings. The molecule has 1 saturated heterocycles. The molecule has 16 heavy (non-hydrogen) atoms. The minimum Gasteiger partial charge on any atom is -0.411 e. The van der Waals surface area contributed by atoms with Gasteiger partial charge in [0.15, 0.2) is 0 Å². The van der Waals surface area contributed by atoms with Crippen LogP contribution in [0.5, 0.6) is 0 Å². The average molecular weight is 221 g/mol. The Balaban J connectivity index is 2.29.